The van der Waals surface area contributed by atoms with E-state index in [9.17, 15) is 0 Å². The molecular formula is C50H93N15OS4. The van der Waals surface area contributed by atoms with Gasteiger partial charge in [-0.15, -0.1) is 31.7 Å². The third-order valence-corrected chi connectivity index (χ3v) is 8.26. The molecule has 9 heterocycles. The van der Waals surface area contributed by atoms with Crippen LogP contribution in [0.3, 0.4) is 0 Å². The lowest BCUT2D eigenvalue weighted by Crippen LogP contribution is -1.83. The molecule has 0 aliphatic carbocycles. The third kappa shape index (κ3) is 62.4. The molecule has 0 aromatic carbocycles. The fourth-order valence-electron chi connectivity index (χ4n) is 2.91. The van der Waals surface area contributed by atoms with Crippen LogP contribution >= 0.6 is 45.9 Å². The van der Waals surface area contributed by atoms with Gasteiger partial charge in [-0.05, 0) is 131 Å². The summed E-state index contributed by atoms with van der Waals surface area (Å²) in [6.07, 6.45) is 14.4. The molecule has 0 fully saturated rings. The third-order valence-electron chi connectivity index (χ3n) is 5.50. The number of hydrogen-bond acceptors (Lipinski definition) is 16. The first-order valence-electron chi connectivity index (χ1n) is 23.8. The molecule has 9 aromatic heterocycles. The smallest absolute Gasteiger partial charge is 0.213 e. The van der Waals surface area contributed by atoms with Crippen LogP contribution in [0, 0.1) is 69.2 Å². The predicted octanol–water partition coefficient (Wildman–Crippen LogP) is 16.0. The van der Waals surface area contributed by atoms with Crippen molar-refractivity contribution < 1.29 is 4.42 Å². The topological polar surface area (TPSA) is 207 Å². The average Bonchev–Trinajstić information content (AvgIpc) is 4.22. The summed E-state index contributed by atoms with van der Waals surface area (Å²) < 4.78 is 18.3. The number of nitrogens with zero attached hydrogens (tertiary/aromatic N) is 12. The fourth-order valence-corrected chi connectivity index (χ4v) is 4.97. The Balaban J connectivity index is -0.000000124. The summed E-state index contributed by atoms with van der Waals surface area (Å²) >= 11 is 6.13. The van der Waals surface area contributed by atoms with E-state index in [0.29, 0.717) is 11.8 Å². The summed E-state index contributed by atoms with van der Waals surface area (Å²) in [7, 11) is 1.89. The SMILES string of the molecule is CC.CC.CC.CC.CC.CC.CC.Cc1ccn[nH]1.Cc1ccn[nH]1.Cc1ccns1.Cc1ccsn1.Cc1cn[nH]c1.Cc1cnsc1.Cc1nnc(C)o1.Cc1nnc(C)s1.Cn1cccn1. The van der Waals surface area contributed by atoms with Gasteiger partial charge >= 0.3 is 0 Å². The molecule has 0 unspecified atom stereocenters. The van der Waals surface area contributed by atoms with Gasteiger partial charge in [0.1, 0.15) is 10.0 Å². The van der Waals surface area contributed by atoms with Crippen LogP contribution in [0.4, 0.5) is 0 Å². The number of aryl methyl sites for hydroxylation is 11. The zero-order chi connectivity index (χ0) is 55.4. The number of hydrogen-bond donors (Lipinski definition) is 3. The van der Waals surface area contributed by atoms with Gasteiger partial charge in [0.15, 0.2) is 0 Å². The number of nitrogens with one attached hydrogen (secondary N) is 3. The van der Waals surface area contributed by atoms with E-state index < -0.39 is 0 Å². The Hall–Kier alpha value is -5.57. The highest BCUT2D eigenvalue weighted by Crippen LogP contribution is 2.04. The average molecular weight is 1050 g/mol. The first-order valence-corrected chi connectivity index (χ1v) is 27.0. The van der Waals surface area contributed by atoms with E-state index in [1.165, 1.54) is 50.6 Å². The van der Waals surface area contributed by atoms with Crippen LogP contribution in [0.25, 0.3) is 0 Å². The molecule has 0 saturated heterocycles. The quantitative estimate of drug-likeness (QED) is 0.130. The summed E-state index contributed by atoms with van der Waals surface area (Å²) in [6.45, 7) is 47.4. The number of H-pyrrole nitrogens is 3. The molecule has 0 spiro atoms. The van der Waals surface area contributed by atoms with Crippen molar-refractivity contribution in [2.45, 2.75) is 166 Å². The molecule has 398 valence electrons. The maximum absolute atomic E-state index is 4.86. The highest BCUT2D eigenvalue weighted by Gasteiger charge is 1.90. The molecule has 0 bridgehead atoms. The Morgan fingerprint density at radius 3 is 1.16 bits per heavy atom. The fraction of sp³-hybridized carbons (Fsp3) is 0.500. The van der Waals surface area contributed by atoms with Gasteiger partial charge in [0, 0.05) is 91.3 Å². The van der Waals surface area contributed by atoms with Crippen LogP contribution in [0.1, 0.15) is 152 Å². The molecule has 0 aliphatic rings. The lowest BCUT2D eigenvalue weighted by Gasteiger charge is -1.77. The lowest BCUT2D eigenvalue weighted by atomic mass is 10.4. The Morgan fingerprint density at radius 2 is 1.04 bits per heavy atom. The Kier molecular flexibility index (Phi) is 73.6. The highest BCUT2D eigenvalue weighted by molar-refractivity contribution is 7.11. The largest absolute Gasteiger partial charge is 0.426 e. The minimum Gasteiger partial charge on any atom is -0.426 e. The zero-order valence-corrected chi connectivity index (χ0v) is 50.8. The van der Waals surface area contributed by atoms with E-state index in [4.69, 9.17) is 4.42 Å². The molecule has 0 amide bonds. The molecule has 0 saturated carbocycles. The van der Waals surface area contributed by atoms with Crippen molar-refractivity contribution in [3.63, 3.8) is 0 Å². The summed E-state index contributed by atoms with van der Waals surface area (Å²) in [4.78, 5) is 1.27. The Labute approximate surface area is 440 Å². The van der Waals surface area contributed by atoms with E-state index in [1.807, 2.05) is 219 Å². The maximum Gasteiger partial charge on any atom is 0.213 e. The van der Waals surface area contributed by atoms with Crippen molar-refractivity contribution in [2.75, 3.05) is 0 Å². The monoisotopic (exact) mass is 1050 g/mol. The molecule has 3 N–H and O–H groups in total. The van der Waals surface area contributed by atoms with Gasteiger partial charge in [0.2, 0.25) is 11.8 Å². The van der Waals surface area contributed by atoms with Crippen molar-refractivity contribution in [3.8, 4) is 0 Å². The predicted molar refractivity (Wildman–Crippen MR) is 306 cm³/mol. The molecule has 16 nitrogen and oxygen atoms in total. The van der Waals surface area contributed by atoms with E-state index in [1.54, 1.807) is 60.9 Å². The van der Waals surface area contributed by atoms with Crippen LogP contribution in [-0.4, -0.2) is 73.9 Å². The van der Waals surface area contributed by atoms with E-state index >= 15 is 0 Å². The van der Waals surface area contributed by atoms with E-state index in [2.05, 4.69) is 69.2 Å². The van der Waals surface area contributed by atoms with Gasteiger partial charge in [0.25, 0.3) is 0 Å². The second-order valence-electron chi connectivity index (χ2n) is 11.1. The van der Waals surface area contributed by atoms with Crippen LogP contribution in [0.2, 0.25) is 0 Å². The van der Waals surface area contributed by atoms with Crippen LogP contribution < -0.4 is 0 Å². The van der Waals surface area contributed by atoms with Gasteiger partial charge in [-0.25, -0.2) is 8.75 Å². The van der Waals surface area contributed by atoms with Crippen molar-refractivity contribution in [1.82, 2.24) is 73.9 Å². The Bertz CT molecular complexity index is 1670. The molecule has 9 rings (SSSR count). The molecule has 0 aliphatic heterocycles. The molecule has 9 aromatic rings. The summed E-state index contributed by atoms with van der Waals surface area (Å²) in [5.41, 5.74) is 5.75. The Morgan fingerprint density at radius 1 is 0.529 bits per heavy atom. The van der Waals surface area contributed by atoms with Gasteiger partial charge in [0.05, 0.1) is 11.9 Å². The van der Waals surface area contributed by atoms with Crippen LogP contribution in [0.15, 0.2) is 95.1 Å². The second-order valence-corrected chi connectivity index (χ2v) is 14.8. The number of aromatic amines is 3. The van der Waals surface area contributed by atoms with Gasteiger partial charge in [-0.2, -0.15) is 24.8 Å². The van der Waals surface area contributed by atoms with Crippen molar-refractivity contribution in [3.05, 3.63) is 146 Å². The van der Waals surface area contributed by atoms with Gasteiger partial charge in [-0.3, -0.25) is 20.0 Å². The highest BCUT2D eigenvalue weighted by atomic mass is 32.1. The summed E-state index contributed by atoms with van der Waals surface area (Å²) in [6, 6.07) is 9.70. The zero-order valence-electron chi connectivity index (χ0n) is 47.6. The van der Waals surface area contributed by atoms with Gasteiger partial charge in [-0.1, -0.05) is 96.9 Å². The van der Waals surface area contributed by atoms with Crippen molar-refractivity contribution >= 4 is 45.9 Å². The lowest BCUT2D eigenvalue weighted by molar-refractivity contribution is 0.489. The molecule has 0 radical (unpaired) electrons. The van der Waals surface area contributed by atoms with Crippen molar-refractivity contribution in [1.29, 1.82) is 0 Å². The molecule has 20 heteroatoms. The minimum atomic E-state index is 0.623. The van der Waals surface area contributed by atoms with Crippen molar-refractivity contribution in [2.24, 2.45) is 7.05 Å². The first kappa shape index (κ1) is 78.6. The molecule has 70 heavy (non-hydrogen) atoms. The molecular weight excluding hydrogens is 955 g/mol. The van der Waals surface area contributed by atoms with Crippen LogP contribution in [0.5, 0.6) is 0 Å². The second kappa shape index (κ2) is 65.5. The van der Waals surface area contributed by atoms with Gasteiger partial charge < -0.3 is 4.42 Å². The first-order chi connectivity index (χ1) is 33.8. The van der Waals surface area contributed by atoms with E-state index in [-0.39, 0.29) is 0 Å². The molecule has 0 atom stereocenters. The number of aromatic nitrogens is 15. The standard InChI is InChI=1S/C4H6N2O.C4H6N2S.4C4H6N2.3C4H5NS.7C2H6/c2*1-3-5-6-4(2)7-3;1-4-2-5-6-3-4;1-6-4-2-3-5-6;2*1-4-2-3-5-6-4;1-4-2-5-6-3-4;1-4-2-3-6-5-4;1-4-2-3-5-6-4;7*1-2/h2*1-2H3;2-3H,1H3,(H,5,6);2-4H,1H3;2*2-3H,1H3,(H,5,6);3*2-3H,1H3;7*1-2H3. The maximum atomic E-state index is 4.86. The summed E-state index contributed by atoms with van der Waals surface area (Å²) in [5, 5.41) is 43.9. The minimum absolute atomic E-state index is 0.623. The van der Waals surface area contributed by atoms with E-state index in [0.717, 1.165) is 27.1 Å². The summed E-state index contributed by atoms with van der Waals surface area (Å²) in [5.74, 6) is 1.25. The normalized spacial score (nSPS) is 7.79. The van der Waals surface area contributed by atoms with Crippen LogP contribution in [-0.2, 0) is 7.05 Å². The number of rotatable bonds is 0.